The predicted molar refractivity (Wildman–Crippen MR) is 86.2 cm³/mol. The maximum absolute atomic E-state index is 12.9. The standard InChI is InChI=1S/C17H9F6NOS/c18-16(19,20)9-5-10(17(21,22)23)7-11(6-9)24-15(25)13-8-26-14-4-2-1-3-12(13)14/h1-8H,(H,24,25). The Morgan fingerprint density at radius 3 is 2.04 bits per heavy atom. The van der Waals surface area contributed by atoms with E-state index in [-0.39, 0.29) is 11.6 Å². The van der Waals surface area contributed by atoms with Gasteiger partial charge in [-0.25, -0.2) is 0 Å². The van der Waals surface area contributed by atoms with Crippen LogP contribution in [0.2, 0.25) is 0 Å². The Morgan fingerprint density at radius 1 is 0.885 bits per heavy atom. The summed E-state index contributed by atoms with van der Waals surface area (Å²) >= 11 is 1.25. The normalized spacial score (nSPS) is 12.4. The first-order valence-electron chi connectivity index (χ1n) is 7.13. The van der Waals surface area contributed by atoms with Gasteiger partial charge in [-0.3, -0.25) is 4.79 Å². The summed E-state index contributed by atoms with van der Waals surface area (Å²) in [6, 6.07) is 7.79. The zero-order valence-corrected chi connectivity index (χ0v) is 13.5. The van der Waals surface area contributed by atoms with Gasteiger partial charge in [-0.2, -0.15) is 26.3 Å². The summed E-state index contributed by atoms with van der Waals surface area (Å²) in [6.45, 7) is 0. The van der Waals surface area contributed by atoms with Gasteiger partial charge in [0.05, 0.1) is 16.7 Å². The predicted octanol–water partition coefficient (Wildman–Crippen LogP) is 6.19. The van der Waals surface area contributed by atoms with Gasteiger partial charge in [0, 0.05) is 21.2 Å². The zero-order chi connectivity index (χ0) is 19.1. The summed E-state index contributed by atoms with van der Waals surface area (Å²) in [5, 5.41) is 4.20. The summed E-state index contributed by atoms with van der Waals surface area (Å²) in [4.78, 5) is 12.3. The Morgan fingerprint density at radius 2 is 1.46 bits per heavy atom. The second-order valence-corrected chi connectivity index (χ2v) is 6.31. The summed E-state index contributed by atoms with van der Waals surface area (Å²) in [5.41, 5.74) is -3.38. The van der Waals surface area contributed by atoms with Crippen molar-refractivity contribution < 1.29 is 31.1 Å². The third kappa shape index (κ3) is 3.67. The van der Waals surface area contributed by atoms with Crippen LogP contribution < -0.4 is 5.32 Å². The second-order valence-electron chi connectivity index (χ2n) is 5.39. The third-order valence-corrected chi connectivity index (χ3v) is 4.53. The van der Waals surface area contributed by atoms with Gasteiger partial charge in [-0.05, 0) is 24.3 Å². The first-order valence-corrected chi connectivity index (χ1v) is 8.01. The van der Waals surface area contributed by atoms with E-state index in [9.17, 15) is 31.1 Å². The maximum atomic E-state index is 12.9. The molecule has 0 spiro atoms. The molecule has 0 aliphatic carbocycles. The quantitative estimate of drug-likeness (QED) is 0.520. The molecule has 1 amide bonds. The Balaban J connectivity index is 2.00. The van der Waals surface area contributed by atoms with Crippen molar-refractivity contribution in [1.29, 1.82) is 0 Å². The SMILES string of the molecule is O=C(Nc1cc(C(F)(F)F)cc(C(F)(F)F)c1)c1csc2ccccc12. The van der Waals surface area contributed by atoms with Crippen molar-refractivity contribution in [2.75, 3.05) is 5.32 Å². The molecule has 2 nitrogen and oxygen atoms in total. The Hall–Kier alpha value is -2.55. The number of carbonyl (C=O) groups is 1. The topological polar surface area (TPSA) is 29.1 Å². The molecule has 1 heterocycles. The van der Waals surface area contributed by atoms with Gasteiger partial charge in [0.2, 0.25) is 0 Å². The molecule has 0 aliphatic rings. The molecule has 0 saturated carbocycles. The number of nitrogens with one attached hydrogen (secondary N) is 1. The fraction of sp³-hybridized carbons (Fsp3) is 0.118. The molecule has 0 saturated heterocycles. The van der Waals surface area contributed by atoms with E-state index in [1.165, 1.54) is 16.7 Å². The van der Waals surface area contributed by atoms with Crippen molar-refractivity contribution >= 4 is 33.0 Å². The molecule has 1 N–H and O–H groups in total. The monoisotopic (exact) mass is 389 g/mol. The van der Waals surface area contributed by atoms with Crippen LogP contribution >= 0.6 is 11.3 Å². The van der Waals surface area contributed by atoms with Gasteiger partial charge < -0.3 is 5.32 Å². The van der Waals surface area contributed by atoms with Crippen LogP contribution in [-0.2, 0) is 12.4 Å². The van der Waals surface area contributed by atoms with Gasteiger partial charge in [0.25, 0.3) is 5.91 Å². The highest BCUT2D eigenvalue weighted by Gasteiger charge is 2.37. The van der Waals surface area contributed by atoms with Crippen LogP contribution in [0.25, 0.3) is 10.1 Å². The smallest absolute Gasteiger partial charge is 0.322 e. The van der Waals surface area contributed by atoms with Crippen LogP contribution in [0.1, 0.15) is 21.5 Å². The number of fused-ring (bicyclic) bond motifs is 1. The number of anilines is 1. The van der Waals surface area contributed by atoms with Crippen molar-refractivity contribution in [2.45, 2.75) is 12.4 Å². The molecule has 136 valence electrons. The lowest BCUT2D eigenvalue weighted by Gasteiger charge is -2.14. The average Bonchev–Trinajstić information content (AvgIpc) is 2.97. The number of rotatable bonds is 2. The van der Waals surface area contributed by atoms with Crippen molar-refractivity contribution in [3.63, 3.8) is 0 Å². The van der Waals surface area contributed by atoms with Crippen LogP contribution in [0.5, 0.6) is 0 Å². The van der Waals surface area contributed by atoms with Crippen LogP contribution in [0.3, 0.4) is 0 Å². The van der Waals surface area contributed by atoms with Gasteiger partial charge in [0.1, 0.15) is 0 Å². The summed E-state index contributed by atoms with van der Waals surface area (Å²) in [5.74, 6) is -0.783. The molecule has 0 fully saturated rings. The molecule has 0 unspecified atom stereocenters. The highest BCUT2D eigenvalue weighted by molar-refractivity contribution is 7.17. The highest BCUT2D eigenvalue weighted by Crippen LogP contribution is 2.37. The Kier molecular flexibility index (Phi) is 4.43. The molecule has 0 aliphatic heterocycles. The molecule has 9 heteroatoms. The second kappa shape index (κ2) is 6.31. The molecule has 0 radical (unpaired) electrons. The zero-order valence-electron chi connectivity index (χ0n) is 12.7. The molecule has 3 rings (SSSR count). The molecule has 0 atom stereocenters. The van der Waals surface area contributed by atoms with E-state index in [1.54, 1.807) is 24.3 Å². The summed E-state index contributed by atoms with van der Waals surface area (Å²) in [7, 11) is 0. The summed E-state index contributed by atoms with van der Waals surface area (Å²) < 4.78 is 78.0. The third-order valence-electron chi connectivity index (χ3n) is 3.57. The summed E-state index contributed by atoms with van der Waals surface area (Å²) in [6.07, 6.45) is -9.95. The molecular weight excluding hydrogens is 380 g/mol. The fourth-order valence-corrected chi connectivity index (χ4v) is 3.32. The van der Waals surface area contributed by atoms with Crippen molar-refractivity contribution in [1.82, 2.24) is 0 Å². The number of hydrogen-bond acceptors (Lipinski definition) is 2. The molecular formula is C17H9F6NOS. The largest absolute Gasteiger partial charge is 0.416 e. The Bertz CT molecular complexity index is 941. The van der Waals surface area contributed by atoms with Gasteiger partial charge in [-0.15, -0.1) is 11.3 Å². The van der Waals surface area contributed by atoms with Crippen LogP contribution in [0.4, 0.5) is 32.0 Å². The van der Waals surface area contributed by atoms with Crippen LogP contribution in [0, 0.1) is 0 Å². The molecule has 2 aromatic carbocycles. The van der Waals surface area contributed by atoms with E-state index in [2.05, 4.69) is 5.32 Å². The van der Waals surface area contributed by atoms with E-state index >= 15 is 0 Å². The van der Waals surface area contributed by atoms with Crippen molar-refractivity contribution in [3.8, 4) is 0 Å². The lowest BCUT2D eigenvalue weighted by molar-refractivity contribution is -0.143. The minimum absolute atomic E-state index is 0.00957. The lowest BCUT2D eigenvalue weighted by Crippen LogP contribution is -2.15. The minimum Gasteiger partial charge on any atom is -0.322 e. The molecule has 26 heavy (non-hydrogen) atoms. The van der Waals surface area contributed by atoms with E-state index in [4.69, 9.17) is 0 Å². The first kappa shape index (κ1) is 18.2. The Labute approximate surface area is 147 Å². The molecule has 3 aromatic rings. The molecule has 0 bridgehead atoms. The van der Waals surface area contributed by atoms with Gasteiger partial charge in [0.15, 0.2) is 0 Å². The van der Waals surface area contributed by atoms with E-state index in [0.29, 0.717) is 17.5 Å². The highest BCUT2D eigenvalue weighted by atomic mass is 32.1. The lowest BCUT2D eigenvalue weighted by atomic mass is 10.1. The minimum atomic E-state index is -4.98. The van der Waals surface area contributed by atoms with Gasteiger partial charge >= 0.3 is 12.4 Å². The number of carbonyl (C=O) groups excluding carboxylic acids is 1. The van der Waals surface area contributed by atoms with Crippen LogP contribution in [0.15, 0.2) is 47.8 Å². The van der Waals surface area contributed by atoms with E-state index in [1.807, 2.05) is 0 Å². The van der Waals surface area contributed by atoms with Crippen molar-refractivity contribution in [2.24, 2.45) is 0 Å². The number of benzene rings is 2. The molecule has 1 aromatic heterocycles. The first-order chi connectivity index (χ1) is 12.1. The van der Waals surface area contributed by atoms with E-state index in [0.717, 1.165) is 4.70 Å². The maximum Gasteiger partial charge on any atom is 0.416 e. The fourth-order valence-electron chi connectivity index (χ4n) is 2.38. The van der Waals surface area contributed by atoms with E-state index < -0.39 is 35.1 Å². The van der Waals surface area contributed by atoms with Crippen molar-refractivity contribution in [3.05, 3.63) is 64.5 Å². The number of amides is 1. The van der Waals surface area contributed by atoms with Gasteiger partial charge in [-0.1, -0.05) is 18.2 Å². The number of alkyl halides is 6. The number of halogens is 6. The number of thiophene rings is 1. The average molecular weight is 389 g/mol. The van der Waals surface area contributed by atoms with Crippen LogP contribution in [-0.4, -0.2) is 5.91 Å². The number of hydrogen-bond donors (Lipinski definition) is 1.